The molecule has 0 aliphatic heterocycles. The summed E-state index contributed by atoms with van der Waals surface area (Å²) in [5, 5.41) is 14.2. The fourth-order valence-corrected chi connectivity index (χ4v) is 2.06. The Bertz CT molecular complexity index is 729. The maximum absolute atomic E-state index is 12.1. The van der Waals surface area contributed by atoms with Gasteiger partial charge in [-0.3, -0.25) is 4.79 Å². The lowest BCUT2D eigenvalue weighted by atomic mass is 10.0. The molecule has 0 aromatic heterocycles. The highest BCUT2D eigenvalue weighted by molar-refractivity contribution is 6.45. The molecule has 1 rings (SSSR count). The summed E-state index contributed by atoms with van der Waals surface area (Å²) in [6.07, 6.45) is 0. The van der Waals surface area contributed by atoms with Crippen molar-refractivity contribution in [2.45, 2.75) is 27.4 Å². The lowest BCUT2D eigenvalue weighted by molar-refractivity contribution is -0.114. The molecule has 0 radical (unpaired) electrons. The number of rotatable bonds is 10. The van der Waals surface area contributed by atoms with Crippen molar-refractivity contribution in [1.82, 2.24) is 5.32 Å². The van der Waals surface area contributed by atoms with Crippen molar-refractivity contribution >= 4 is 23.2 Å². The zero-order chi connectivity index (χ0) is 20.9. The molecule has 0 spiro atoms. The molecule has 154 valence electrons. The molecule has 0 aliphatic carbocycles. The van der Waals surface area contributed by atoms with Crippen molar-refractivity contribution in [3.63, 3.8) is 0 Å². The van der Waals surface area contributed by atoms with Crippen LogP contribution in [0.5, 0.6) is 0 Å². The van der Waals surface area contributed by atoms with Gasteiger partial charge in [-0.1, -0.05) is 48.4 Å². The molecule has 0 saturated heterocycles. The molecular formula is C19H28N4O5. The van der Waals surface area contributed by atoms with E-state index in [0.717, 1.165) is 0 Å². The van der Waals surface area contributed by atoms with E-state index in [-0.39, 0.29) is 24.1 Å². The average molecular weight is 392 g/mol. The molecule has 0 saturated carbocycles. The molecule has 1 aromatic rings. The molecule has 0 unspecified atom stereocenters. The van der Waals surface area contributed by atoms with E-state index in [1.54, 1.807) is 19.1 Å². The van der Waals surface area contributed by atoms with Crippen LogP contribution in [0.2, 0.25) is 0 Å². The van der Waals surface area contributed by atoms with Gasteiger partial charge in [-0.2, -0.15) is 0 Å². The van der Waals surface area contributed by atoms with Gasteiger partial charge in [-0.25, -0.2) is 0 Å². The van der Waals surface area contributed by atoms with Crippen molar-refractivity contribution in [2.24, 2.45) is 21.4 Å². The first-order chi connectivity index (χ1) is 13.4. The Kier molecular flexibility index (Phi) is 10.1. The summed E-state index contributed by atoms with van der Waals surface area (Å²) in [5.74, 6) is 0.202. The number of carbonyl (C=O) groups is 1. The quantitative estimate of drug-likeness (QED) is 0.374. The summed E-state index contributed by atoms with van der Waals surface area (Å²) in [5.41, 5.74) is 1.87. The van der Waals surface area contributed by atoms with Gasteiger partial charge in [0.2, 0.25) is 0 Å². The number of likely N-dealkylation sites (N-methyl/N-ethyl adjacent to an activating group) is 1. The summed E-state index contributed by atoms with van der Waals surface area (Å²) in [6, 6.07) is 7.20. The molecule has 0 bridgehead atoms. The SMILES string of the molecule is CNC(=O)C(=NOC)c1ccccc1CON=C(C)C(=NOC)OCC(C)C. The third kappa shape index (κ3) is 7.26. The van der Waals surface area contributed by atoms with Gasteiger partial charge in [0, 0.05) is 18.2 Å². The fourth-order valence-electron chi connectivity index (χ4n) is 2.06. The maximum atomic E-state index is 12.1. The van der Waals surface area contributed by atoms with Crippen LogP contribution in [-0.2, 0) is 30.7 Å². The molecule has 28 heavy (non-hydrogen) atoms. The minimum atomic E-state index is -0.370. The molecular weight excluding hydrogens is 364 g/mol. The lowest BCUT2D eigenvalue weighted by Gasteiger charge is -2.11. The van der Waals surface area contributed by atoms with Gasteiger partial charge in [0.1, 0.15) is 26.5 Å². The summed E-state index contributed by atoms with van der Waals surface area (Å²) >= 11 is 0. The Balaban J connectivity index is 2.95. The summed E-state index contributed by atoms with van der Waals surface area (Å²) < 4.78 is 5.57. The highest BCUT2D eigenvalue weighted by Gasteiger charge is 2.17. The normalized spacial score (nSPS) is 12.6. The van der Waals surface area contributed by atoms with Crippen LogP contribution in [0.25, 0.3) is 0 Å². The Morgan fingerprint density at radius 2 is 1.79 bits per heavy atom. The molecule has 1 amide bonds. The first-order valence-corrected chi connectivity index (χ1v) is 8.76. The van der Waals surface area contributed by atoms with Crippen molar-refractivity contribution in [2.75, 3.05) is 27.9 Å². The number of hydrogen-bond donors (Lipinski definition) is 1. The van der Waals surface area contributed by atoms with E-state index in [1.165, 1.54) is 21.3 Å². The number of nitrogens with one attached hydrogen (secondary N) is 1. The number of hydrogen-bond acceptors (Lipinski definition) is 8. The number of ether oxygens (including phenoxy) is 1. The predicted octanol–water partition coefficient (Wildman–Crippen LogP) is 2.31. The van der Waals surface area contributed by atoms with Gasteiger partial charge >= 0.3 is 0 Å². The van der Waals surface area contributed by atoms with Crippen LogP contribution in [0.15, 0.2) is 39.7 Å². The minimum Gasteiger partial charge on any atom is -0.474 e. The largest absolute Gasteiger partial charge is 0.474 e. The van der Waals surface area contributed by atoms with Gasteiger partial charge in [0.25, 0.3) is 11.8 Å². The standard InChI is InChI=1S/C19H28N4O5/c1-13(2)11-27-19(23-26-6)14(3)21-28-12-15-9-7-8-10-16(15)17(22-25-5)18(24)20-4/h7-10,13H,11-12H2,1-6H3,(H,20,24). The average Bonchev–Trinajstić information content (AvgIpc) is 2.69. The lowest BCUT2D eigenvalue weighted by Crippen LogP contribution is -2.29. The molecule has 1 N–H and O–H groups in total. The predicted molar refractivity (Wildman–Crippen MR) is 107 cm³/mol. The molecule has 0 fully saturated rings. The molecule has 0 aliphatic rings. The number of amides is 1. The van der Waals surface area contributed by atoms with E-state index >= 15 is 0 Å². The van der Waals surface area contributed by atoms with E-state index in [1.807, 2.05) is 26.0 Å². The number of carbonyl (C=O) groups excluding carboxylic acids is 1. The van der Waals surface area contributed by atoms with Gasteiger partial charge in [-0.05, 0) is 18.0 Å². The second kappa shape index (κ2) is 12.3. The third-order valence-electron chi connectivity index (χ3n) is 3.36. The summed E-state index contributed by atoms with van der Waals surface area (Å²) in [7, 11) is 4.33. The zero-order valence-corrected chi connectivity index (χ0v) is 17.2. The van der Waals surface area contributed by atoms with E-state index in [4.69, 9.17) is 19.2 Å². The number of benzene rings is 1. The first kappa shape index (κ1) is 22.9. The van der Waals surface area contributed by atoms with Gasteiger partial charge in [0.15, 0.2) is 5.71 Å². The zero-order valence-electron chi connectivity index (χ0n) is 17.2. The molecule has 0 atom stereocenters. The van der Waals surface area contributed by atoms with Crippen LogP contribution in [0, 0.1) is 5.92 Å². The van der Waals surface area contributed by atoms with Crippen LogP contribution >= 0.6 is 0 Å². The van der Waals surface area contributed by atoms with Crippen LogP contribution < -0.4 is 5.32 Å². The van der Waals surface area contributed by atoms with E-state index < -0.39 is 0 Å². The monoisotopic (exact) mass is 392 g/mol. The van der Waals surface area contributed by atoms with Gasteiger partial charge in [0.05, 0.1) is 6.61 Å². The van der Waals surface area contributed by atoms with Crippen molar-refractivity contribution < 1.29 is 24.0 Å². The van der Waals surface area contributed by atoms with Crippen molar-refractivity contribution in [3.8, 4) is 0 Å². The summed E-state index contributed by atoms with van der Waals surface area (Å²) in [4.78, 5) is 27.1. The highest BCUT2D eigenvalue weighted by Crippen LogP contribution is 2.13. The van der Waals surface area contributed by atoms with E-state index in [9.17, 15) is 4.79 Å². The third-order valence-corrected chi connectivity index (χ3v) is 3.36. The number of oxime groups is 3. The maximum Gasteiger partial charge on any atom is 0.275 e. The Hall–Kier alpha value is -3.10. The van der Waals surface area contributed by atoms with Crippen LogP contribution in [0.4, 0.5) is 0 Å². The van der Waals surface area contributed by atoms with E-state index in [0.29, 0.717) is 29.4 Å². The van der Waals surface area contributed by atoms with Gasteiger partial charge < -0.3 is 24.6 Å². The Morgan fingerprint density at radius 3 is 2.39 bits per heavy atom. The Labute approximate surface area is 165 Å². The van der Waals surface area contributed by atoms with Crippen molar-refractivity contribution in [1.29, 1.82) is 0 Å². The summed E-state index contributed by atoms with van der Waals surface area (Å²) in [6.45, 7) is 6.33. The Morgan fingerprint density at radius 1 is 1.11 bits per heavy atom. The second-order valence-corrected chi connectivity index (χ2v) is 6.09. The molecule has 1 aromatic carbocycles. The molecule has 0 heterocycles. The minimum absolute atomic E-state index is 0.109. The van der Waals surface area contributed by atoms with Crippen LogP contribution in [0.1, 0.15) is 31.9 Å². The fraction of sp³-hybridized carbons (Fsp3) is 0.474. The second-order valence-electron chi connectivity index (χ2n) is 6.09. The van der Waals surface area contributed by atoms with E-state index in [2.05, 4.69) is 20.8 Å². The number of nitrogens with zero attached hydrogens (tertiary/aromatic N) is 3. The van der Waals surface area contributed by atoms with Crippen LogP contribution in [0.3, 0.4) is 0 Å². The smallest absolute Gasteiger partial charge is 0.275 e. The molecule has 9 nitrogen and oxygen atoms in total. The molecule has 9 heteroatoms. The topological polar surface area (TPSA) is 103 Å². The first-order valence-electron chi connectivity index (χ1n) is 8.76. The van der Waals surface area contributed by atoms with Crippen LogP contribution in [-0.4, -0.2) is 51.1 Å². The van der Waals surface area contributed by atoms with Gasteiger partial charge in [-0.15, -0.1) is 0 Å². The highest BCUT2D eigenvalue weighted by atomic mass is 16.6. The van der Waals surface area contributed by atoms with Crippen molar-refractivity contribution in [3.05, 3.63) is 35.4 Å².